The second kappa shape index (κ2) is 9.07. The van der Waals surface area contributed by atoms with Crippen LogP contribution in [0.25, 0.3) is 11.3 Å². The first-order chi connectivity index (χ1) is 15.0. The van der Waals surface area contributed by atoms with E-state index in [0.717, 1.165) is 12.0 Å². The zero-order chi connectivity index (χ0) is 21.8. The summed E-state index contributed by atoms with van der Waals surface area (Å²) in [7, 11) is 0. The standard InChI is InChI=1S/C22H23N5O4/c28-21(24-31)17-8-6-16(7-9-17)19-14-27(25-23-19)18-12-20(22(29)30)26(13-18)11-10-15-4-2-1-3-5-15/h1-9,14,18,20,31H,10-13H2,(H,24,28)(H,29,30)/t18-,20+/m1/s1. The molecule has 31 heavy (non-hydrogen) atoms. The average Bonchev–Trinajstić information content (AvgIpc) is 3.45. The third-order valence-corrected chi connectivity index (χ3v) is 5.63. The maximum atomic E-state index is 11.8. The summed E-state index contributed by atoms with van der Waals surface area (Å²) < 4.78 is 1.72. The summed E-state index contributed by atoms with van der Waals surface area (Å²) in [4.78, 5) is 25.2. The van der Waals surface area contributed by atoms with Crippen LogP contribution in [0, 0.1) is 0 Å². The zero-order valence-corrected chi connectivity index (χ0v) is 16.8. The van der Waals surface area contributed by atoms with Crippen LogP contribution >= 0.6 is 0 Å². The minimum absolute atomic E-state index is 0.0856. The minimum atomic E-state index is -0.825. The molecule has 1 amide bonds. The Morgan fingerprint density at radius 2 is 1.84 bits per heavy atom. The number of rotatable bonds is 7. The normalized spacial score (nSPS) is 18.7. The highest BCUT2D eigenvalue weighted by Crippen LogP contribution is 2.28. The third kappa shape index (κ3) is 4.62. The fraction of sp³-hybridized carbons (Fsp3) is 0.273. The maximum Gasteiger partial charge on any atom is 0.321 e. The summed E-state index contributed by atoms with van der Waals surface area (Å²) in [5.41, 5.74) is 4.50. The van der Waals surface area contributed by atoms with Gasteiger partial charge in [-0.05, 0) is 30.5 Å². The monoisotopic (exact) mass is 421 g/mol. The van der Waals surface area contributed by atoms with Gasteiger partial charge in [-0.1, -0.05) is 47.7 Å². The van der Waals surface area contributed by atoms with Gasteiger partial charge < -0.3 is 5.11 Å². The van der Waals surface area contributed by atoms with Crippen LogP contribution in [0.5, 0.6) is 0 Å². The van der Waals surface area contributed by atoms with Gasteiger partial charge in [0, 0.05) is 24.2 Å². The molecule has 9 heteroatoms. The number of hydroxylamine groups is 1. The molecule has 3 aromatic rings. The smallest absolute Gasteiger partial charge is 0.321 e. The number of likely N-dealkylation sites (tertiary alicyclic amines) is 1. The fourth-order valence-electron chi connectivity index (χ4n) is 3.94. The Morgan fingerprint density at radius 3 is 2.52 bits per heavy atom. The topological polar surface area (TPSA) is 121 Å². The number of benzene rings is 2. The molecule has 0 bridgehead atoms. The molecule has 2 heterocycles. The van der Waals surface area contributed by atoms with Crippen molar-refractivity contribution >= 4 is 11.9 Å². The summed E-state index contributed by atoms with van der Waals surface area (Å²) in [5, 5.41) is 26.8. The molecule has 1 saturated heterocycles. The van der Waals surface area contributed by atoms with E-state index in [9.17, 15) is 14.7 Å². The van der Waals surface area contributed by atoms with Crippen molar-refractivity contribution < 1.29 is 19.9 Å². The van der Waals surface area contributed by atoms with Crippen molar-refractivity contribution in [2.24, 2.45) is 0 Å². The van der Waals surface area contributed by atoms with E-state index in [4.69, 9.17) is 5.21 Å². The number of nitrogens with one attached hydrogen (secondary N) is 1. The van der Waals surface area contributed by atoms with E-state index in [-0.39, 0.29) is 6.04 Å². The summed E-state index contributed by atoms with van der Waals surface area (Å²) in [5.74, 6) is -1.41. The van der Waals surface area contributed by atoms with E-state index in [0.29, 0.717) is 30.8 Å². The molecular weight excluding hydrogens is 398 g/mol. The van der Waals surface area contributed by atoms with Crippen LogP contribution in [0.1, 0.15) is 28.4 Å². The molecule has 0 aliphatic carbocycles. The van der Waals surface area contributed by atoms with Crippen LogP contribution in [0.4, 0.5) is 0 Å². The molecule has 2 atom stereocenters. The van der Waals surface area contributed by atoms with E-state index in [1.807, 2.05) is 35.2 Å². The fourth-order valence-corrected chi connectivity index (χ4v) is 3.94. The molecule has 0 saturated carbocycles. The number of carbonyl (C=O) groups is 2. The Bertz CT molecular complexity index is 1050. The highest BCUT2D eigenvalue weighted by molar-refractivity contribution is 5.93. The number of carboxylic acids is 1. The van der Waals surface area contributed by atoms with E-state index in [1.54, 1.807) is 40.6 Å². The number of hydrogen-bond acceptors (Lipinski definition) is 6. The molecule has 0 unspecified atom stereocenters. The van der Waals surface area contributed by atoms with Crippen LogP contribution in [-0.2, 0) is 11.2 Å². The summed E-state index contributed by atoms with van der Waals surface area (Å²) in [6.45, 7) is 1.25. The van der Waals surface area contributed by atoms with Crippen molar-refractivity contribution in [1.82, 2.24) is 25.4 Å². The van der Waals surface area contributed by atoms with Gasteiger partial charge in [-0.15, -0.1) is 5.10 Å². The zero-order valence-electron chi connectivity index (χ0n) is 16.8. The Morgan fingerprint density at radius 1 is 1.10 bits per heavy atom. The Hall–Kier alpha value is -3.56. The highest BCUT2D eigenvalue weighted by Gasteiger charge is 2.37. The van der Waals surface area contributed by atoms with Crippen molar-refractivity contribution in [3.8, 4) is 11.3 Å². The molecule has 1 aliphatic rings. The van der Waals surface area contributed by atoms with Crippen LogP contribution in [0.15, 0.2) is 60.8 Å². The molecule has 0 spiro atoms. The first-order valence-corrected chi connectivity index (χ1v) is 10.0. The predicted molar refractivity (Wildman–Crippen MR) is 112 cm³/mol. The predicted octanol–water partition coefficient (Wildman–Crippen LogP) is 2.01. The lowest BCUT2D eigenvalue weighted by Gasteiger charge is -2.20. The van der Waals surface area contributed by atoms with E-state index >= 15 is 0 Å². The molecule has 0 radical (unpaired) electrons. The molecule has 1 aromatic heterocycles. The van der Waals surface area contributed by atoms with Gasteiger partial charge in [0.15, 0.2) is 0 Å². The van der Waals surface area contributed by atoms with E-state index in [2.05, 4.69) is 10.3 Å². The maximum absolute atomic E-state index is 11.8. The van der Waals surface area contributed by atoms with Crippen LogP contribution in [0.3, 0.4) is 0 Å². The van der Waals surface area contributed by atoms with Crippen molar-refractivity contribution in [3.05, 3.63) is 71.9 Å². The van der Waals surface area contributed by atoms with Crippen LogP contribution in [-0.4, -0.2) is 61.2 Å². The van der Waals surface area contributed by atoms with Gasteiger partial charge in [-0.25, -0.2) is 10.2 Å². The number of nitrogens with zero attached hydrogens (tertiary/aromatic N) is 4. The number of carboxylic acid groups (broad SMARTS) is 1. The van der Waals surface area contributed by atoms with Gasteiger partial charge in [0.25, 0.3) is 5.91 Å². The van der Waals surface area contributed by atoms with Crippen molar-refractivity contribution in [3.63, 3.8) is 0 Å². The van der Waals surface area contributed by atoms with Gasteiger partial charge in [-0.3, -0.25) is 19.7 Å². The van der Waals surface area contributed by atoms with Crippen LogP contribution < -0.4 is 5.48 Å². The molecule has 4 rings (SSSR count). The summed E-state index contributed by atoms with van der Waals surface area (Å²) >= 11 is 0. The van der Waals surface area contributed by atoms with Gasteiger partial charge in [-0.2, -0.15) is 0 Å². The minimum Gasteiger partial charge on any atom is -0.480 e. The lowest BCUT2D eigenvalue weighted by Crippen LogP contribution is -2.37. The van der Waals surface area contributed by atoms with Gasteiger partial charge in [0.2, 0.25) is 0 Å². The van der Waals surface area contributed by atoms with E-state index < -0.39 is 17.9 Å². The van der Waals surface area contributed by atoms with Crippen LogP contribution in [0.2, 0.25) is 0 Å². The van der Waals surface area contributed by atoms with Crippen molar-refractivity contribution in [2.45, 2.75) is 24.9 Å². The largest absolute Gasteiger partial charge is 0.480 e. The lowest BCUT2D eigenvalue weighted by molar-refractivity contribution is -0.142. The van der Waals surface area contributed by atoms with Gasteiger partial charge in [0.05, 0.1) is 12.2 Å². The quantitative estimate of drug-likeness (QED) is 0.394. The van der Waals surface area contributed by atoms with Gasteiger partial charge in [0.1, 0.15) is 11.7 Å². The molecule has 1 fully saturated rings. The first-order valence-electron chi connectivity index (χ1n) is 10.0. The molecule has 160 valence electrons. The number of aliphatic carboxylic acids is 1. The molecule has 2 aromatic carbocycles. The third-order valence-electron chi connectivity index (χ3n) is 5.63. The molecule has 1 aliphatic heterocycles. The molecular formula is C22H23N5O4. The SMILES string of the molecule is O=C(NO)c1ccc(-c2cn([C@@H]3C[C@@H](C(=O)O)N(CCc4ccccc4)C3)nn2)cc1. The number of hydrogen-bond donors (Lipinski definition) is 3. The van der Waals surface area contributed by atoms with E-state index in [1.165, 1.54) is 5.56 Å². The Labute approximate surface area is 178 Å². The highest BCUT2D eigenvalue weighted by atomic mass is 16.5. The molecule has 3 N–H and O–H groups in total. The van der Waals surface area contributed by atoms with Crippen molar-refractivity contribution in [1.29, 1.82) is 0 Å². The molecule has 9 nitrogen and oxygen atoms in total. The lowest BCUT2D eigenvalue weighted by atomic mass is 10.1. The first kappa shape index (κ1) is 20.7. The second-order valence-corrected chi connectivity index (χ2v) is 7.58. The average molecular weight is 421 g/mol. The Kier molecular flexibility index (Phi) is 6.06. The van der Waals surface area contributed by atoms with Gasteiger partial charge >= 0.3 is 5.97 Å². The van der Waals surface area contributed by atoms with Crippen molar-refractivity contribution in [2.75, 3.05) is 13.1 Å². The number of amides is 1. The Balaban J connectivity index is 1.45. The summed E-state index contributed by atoms with van der Waals surface area (Å²) in [6, 6.07) is 16.0. The summed E-state index contributed by atoms with van der Waals surface area (Å²) in [6.07, 6.45) is 3.04. The second-order valence-electron chi connectivity index (χ2n) is 7.58. The number of carbonyl (C=O) groups excluding carboxylic acids is 1. The number of aromatic nitrogens is 3.